The van der Waals surface area contributed by atoms with E-state index in [2.05, 4.69) is 5.32 Å². The molecule has 3 N–H and O–H groups in total. The largest absolute Gasteiger partial charge is 0.406 e. The Morgan fingerprint density at radius 1 is 1.44 bits per heavy atom. The predicted molar refractivity (Wildman–Crippen MR) is 55.1 cm³/mol. The molecule has 1 fully saturated rings. The molecule has 16 heavy (non-hydrogen) atoms. The van der Waals surface area contributed by atoms with E-state index < -0.39 is 11.7 Å². The van der Waals surface area contributed by atoms with Crippen molar-refractivity contribution >= 4 is 0 Å². The summed E-state index contributed by atoms with van der Waals surface area (Å²) in [5, 5.41) is 2.67. The number of nitrogens with one attached hydrogen (secondary N) is 1. The van der Waals surface area contributed by atoms with Crippen LogP contribution in [0.3, 0.4) is 0 Å². The molecular weight excluding hydrogens is 221 g/mol. The normalized spacial score (nSPS) is 20.8. The first-order valence-corrected chi connectivity index (χ1v) is 5.48. The van der Waals surface area contributed by atoms with E-state index in [0.717, 1.165) is 0 Å². The lowest BCUT2D eigenvalue weighted by Crippen LogP contribution is -2.51. The maximum Gasteiger partial charge on any atom is 0.406 e. The second-order valence-electron chi connectivity index (χ2n) is 4.31. The van der Waals surface area contributed by atoms with Crippen molar-refractivity contribution in [2.45, 2.75) is 43.4 Å². The van der Waals surface area contributed by atoms with Crippen LogP contribution < -0.4 is 11.1 Å². The van der Waals surface area contributed by atoms with Crippen LogP contribution in [0.2, 0.25) is 0 Å². The lowest BCUT2D eigenvalue weighted by Gasteiger charge is -2.27. The van der Waals surface area contributed by atoms with Gasteiger partial charge in [0.2, 0.25) is 0 Å². The molecule has 1 saturated carbocycles. The highest BCUT2D eigenvalue weighted by Crippen LogP contribution is 2.49. The van der Waals surface area contributed by atoms with Crippen LogP contribution in [0.4, 0.5) is 13.2 Å². The summed E-state index contributed by atoms with van der Waals surface area (Å²) in [4.78, 5) is 0. The van der Waals surface area contributed by atoms with Crippen molar-refractivity contribution in [1.82, 2.24) is 5.32 Å². The summed E-state index contributed by atoms with van der Waals surface area (Å²) in [7, 11) is 1.49. The van der Waals surface area contributed by atoms with Gasteiger partial charge in [-0.1, -0.05) is 0 Å². The van der Waals surface area contributed by atoms with Crippen molar-refractivity contribution in [2.75, 3.05) is 20.3 Å². The van der Waals surface area contributed by atoms with E-state index in [1.165, 1.54) is 7.11 Å². The van der Waals surface area contributed by atoms with Gasteiger partial charge in [0.25, 0.3) is 0 Å². The minimum Gasteiger partial charge on any atom is -0.383 e. The molecule has 0 amide bonds. The topological polar surface area (TPSA) is 47.3 Å². The SMILES string of the molecule is COCC(CCCN)NC1(C(F)(F)F)CC1. The van der Waals surface area contributed by atoms with Crippen LogP contribution in [-0.4, -0.2) is 38.0 Å². The molecule has 96 valence electrons. The standard InChI is InChI=1S/C10H19F3N2O/c1-16-7-8(3-2-6-14)15-9(4-5-9)10(11,12)13/h8,15H,2-7,14H2,1H3. The molecule has 0 heterocycles. The molecule has 1 aliphatic rings. The number of ether oxygens (including phenoxy) is 1. The van der Waals surface area contributed by atoms with Gasteiger partial charge in [0.1, 0.15) is 5.54 Å². The van der Waals surface area contributed by atoms with Gasteiger partial charge in [-0.2, -0.15) is 13.2 Å². The third-order valence-electron chi connectivity index (χ3n) is 2.90. The fourth-order valence-corrected chi connectivity index (χ4v) is 1.79. The third-order valence-corrected chi connectivity index (χ3v) is 2.90. The van der Waals surface area contributed by atoms with Gasteiger partial charge < -0.3 is 10.5 Å². The average Bonchev–Trinajstić information content (AvgIpc) is 2.94. The second kappa shape index (κ2) is 5.33. The number of methoxy groups -OCH3 is 1. The van der Waals surface area contributed by atoms with E-state index >= 15 is 0 Å². The molecule has 1 atom stereocenters. The summed E-state index contributed by atoms with van der Waals surface area (Å²) in [5.41, 5.74) is 3.69. The number of hydrogen-bond acceptors (Lipinski definition) is 3. The molecule has 0 spiro atoms. The quantitative estimate of drug-likeness (QED) is 0.707. The fraction of sp³-hybridized carbons (Fsp3) is 1.00. The molecule has 1 rings (SSSR count). The van der Waals surface area contributed by atoms with Gasteiger partial charge in [0.05, 0.1) is 6.61 Å². The zero-order valence-electron chi connectivity index (χ0n) is 9.44. The highest BCUT2D eigenvalue weighted by molar-refractivity contribution is 5.09. The number of rotatable bonds is 7. The van der Waals surface area contributed by atoms with Crippen molar-refractivity contribution in [3.8, 4) is 0 Å². The van der Waals surface area contributed by atoms with E-state index in [0.29, 0.717) is 19.4 Å². The Morgan fingerprint density at radius 2 is 2.06 bits per heavy atom. The molecule has 0 bridgehead atoms. The Hall–Kier alpha value is -0.330. The van der Waals surface area contributed by atoms with Crippen LogP contribution in [0.15, 0.2) is 0 Å². The number of halogens is 3. The molecule has 0 aliphatic heterocycles. The van der Waals surface area contributed by atoms with Gasteiger partial charge in [0, 0.05) is 13.2 Å². The first-order chi connectivity index (χ1) is 7.45. The van der Waals surface area contributed by atoms with Crippen molar-refractivity contribution in [3.63, 3.8) is 0 Å². The van der Waals surface area contributed by atoms with Crippen LogP contribution in [-0.2, 0) is 4.74 Å². The van der Waals surface area contributed by atoms with Crippen molar-refractivity contribution in [1.29, 1.82) is 0 Å². The Kier molecular flexibility index (Phi) is 4.58. The highest BCUT2D eigenvalue weighted by atomic mass is 19.4. The summed E-state index contributed by atoms with van der Waals surface area (Å²) in [5.74, 6) is 0. The fourth-order valence-electron chi connectivity index (χ4n) is 1.79. The van der Waals surface area contributed by atoms with E-state index in [1.807, 2.05) is 0 Å². The summed E-state index contributed by atoms with van der Waals surface area (Å²) in [6.07, 6.45) is -2.52. The lowest BCUT2D eigenvalue weighted by molar-refractivity contribution is -0.168. The summed E-state index contributed by atoms with van der Waals surface area (Å²) < 4.78 is 43.0. The second-order valence-corrected chi connectivity index (χ2v) is 4.31. The Balaban J connectivity index is 2.48. The molecular formula is C10H19F3N2O. The van der Waals surface area contributed by atoms with Crippen LogP contribution in [0.1, 0.15) is 25.7 Å². The van der Waals surface area contributed by atoms with Crippen LogP contribution in [0.25, 0.3) is 0 Å². The van der Waals surface area contributed by atoms with Gasteiger partial charge in [0.15, 0.2) is 0 Å². The van der Waals surface area contributed by atoms with E-state index in [-0.39, 0.29) is 25.5 Å². The van der Waals surface area contributed by atoms with Crippen molar-refractivity contribution < 1.29 is 17.9 Å². The van der Waals surface area contributed by atoms with E-state index in [9.17, 15) is 13.2 Å². The molecule has 0 saturated heterocycles. The molecule has 1 unspecified atom stereocenters. The lowest BCUT2D eigenvalue weighted by atomic mass is 10.1. The summed E-state index contributed by atoms with van der Waals surface area (Å²) in [6, 6.07) is -0.266. The first-order valence-electron chi connectivity index (χ1n) is 5.48. The molecule has 3 nitrogen and oxygen atoms in total. The summed E-state index contributed by atoms with van der Waals surface area (Å²) >= 11 is 0. The van der Waals surface area contributed by atoms with Gasteiger partial charge in [-0.05, 0) is 32.2 Å². The maximum atomic E-state index is 12.7. The average molecular weight is 240 g/mol. The number of alkyl halides is 3. The van der Waals surface area contributed by atoms with Crippen LogP contribution in [0.5, 0.6) is 0 Å². The van der Waals surface area contributed by atoms with Gasteiger partial charge in [-0.3, -0.25) is 5.32 Å². The smallest absolute Gasteiger partial charge is 0.383 e. The Morgan fingerprint density at radius 3 is 2.44 bits per heavy atom. The summed E-state index contributed by atoms with van der Waals surface area (Å²) in [6.45, 7) is 0.777. The zero-order chi connectivity index (χ0) is 12.2. The van der Waals surface area contributed by atoms with Gasteiger partial charge >= 0.3 is 6.18 Å². The monoisotopic (exact) mass is 240 g/mol. The molecule has 1 aliphatic carbocycles. The zero-order valence-corrected chi connectivity index (χ0v) is 9.44. The molecule has 0 radical (unpaired) electrons. The first kappa shape index (κ1) is 13.7. The van der Waals surface area contributed by atoms with E-state index in [4.69, 9.17) is 10.5 Å². The minimum absolute atomic E-state index is 0.166. The molecule has 0 aromatic heterocycles. The minimum atomic E-state index is -4.16. The number of hydrogen-bond donors (Lipinski definition) is 2. The van der Waals surface area contributed by atoms with Gasteiger partial charge in [-0.15, -0.1) is 0 Å². The Bertz CT molecular complexity index is 217. The van der Waals surface area contributed by atoms with Crippen LogP contribution in [0, 0.1) is 0 Å². The third kappa shape index (κ3) is 3.33. The maximum absolute atomic E-state index is 12.7. The molecule has 6 heteroatoms. The number of nitrogens with two attached hydrogens (primary N) is 1. The Labute approximate surface area is 93.5 Å². The molecule has 0 aromatic carbocycles. The van der Waals surface area contributed by atoms with Crippen LogP contribution >= 0.6 is 0 Å². The van der Waals surface area contributed by atoms with Crippen molar-refractivity contribution in [2.24, 2.45) is 5.73 Å². The molecule has 0 aromatic rings. The van der Waals surface area contributed by atoms with Crippen molar-refractivity contribution in [3.05, 3.63) is 0 Å². The van der Waals surface area contributed by atoms with Gasteiger partial charge in [-0.25, -0.2) is 0 Å². The predicted octanol–water partition coefficient (Wildman–Crippen LogP) is 1.42. The highest BCUT2D eigenvalue weighted by Gasteiger charge is 2.63. The van der Waals surface area contributed by atoms with E-state index in [1.54, 1.807) is 0 Å².